The Morgan fingerprint density at radius 2 is 1.31 bits per heavy atom. The Morgan fingerprint density at radius 1 is 0.686 bits per heavy atom. The number of ether oxygens (including phenoxy) is 10. The standard InChI is InChI=1S/C59H90O27/c1-10-24(2)49(76)86-47-46(73)59(23-79-25(3)62)27(17-54(47,4)5)26-11-12-32-55(6)15-14-34(56(7,22-61)31(55)13-16-57(32,8)58(26,9)18-33(59)65)81-53-45(85-51-40(71)38(69)37(68)30(19-60)80-51)42(41(72)43(83-53)48(74)75)82-52-44(36(67)29(64)21-78-52)84-50-39(70)35(66)28(63)20-77-50/h10-11,22,27-47,50-53,60,63-73H,12-21,23H2,1-9H3,(H,74,75)/b24-10+/t27-,28+,29-,30+,31+,32+,33+,34-,35-,36-,37-,38-,39+,40+,41-,42-,43-,44+,45+,46-,47-,50-,51-,52-,53+,55-,56-,57+,58+,59-/m0/s1. The molecule has 0 unspecified atom stereocenters. The van der Waals surface area contributed by atoms with E-state index in [1.165, 1.54) is 6.92 Å². The van der Waals surface area contributed by atoms with Crippen molar-refractivity contribution < 1.29 is 133 Å². The number of carbonyl (C=O) groups excluding carboxylic acids is 3. The van der Waals surface area contributed by atoms with E-state index in [0.29, 0.717) is 37.7 Å². The fourth-order valence-corrected chi connectivity index (χ4v) is 16.9. The molecule has 9 aliphatic rings. The van der Waals surface area contributed by atoms with Gasteiger partial charge in [-0.25, -0.2) is 9.59 Å². The van der Waals surface area contributed by atoms with E-state index in [-0.39, 0.29) is 25.4 Å². The van der Waals surface area contributed by atoms with E-state index in [4.69, 9.17) is 47.4 Å². The van der Waals surface area contributed by atoms with Crippen molar-refractivity contribution in [3.63, 3.8) is 0 Å². The summed E-state index contributed by atoms with van der Waals surface area (Å²) in [4.78, 5) is 53.3. The van der Waals surface area contributed by atoms with Crippen LogP contribution in [0.15, 0.2) is 23.3 Å². The van der Waals surface area contributed by atoms with Crippen LogP contribution in [-0.2, 0) is 66.5 Å². The van der Waals surface area contributed by atoms with Crippen LogP contribution >= 0.6 is 0 Å². The third-order valence-electron chi connectivity index (χ3n) is 22.2. The zero-order chi connectivity index (χ0) is 63.3. The van der Waals surface area contributed by atoms with Crippen LogP contribution in [0.2, 0.25) is 0 Å². The number of carboxylic acids is 1. The third kappa shape index (κ3) is 11.0. The fraction of sp³-hybridized carbons (Fsp3) is 0.864. The molecule has 86 heavy (non-hydrogen) atoms. The average molecular weight is 1230 g/mol. The van der Waals surface area contributed by atoms with Crippen molar-refractivity contribution in [2.45, 2.75) is 242 Å². The summed E-state index contributed by atoms with van der Waals surface area (Å²) in [5.41, 5.74) is -4.42. The number of hydrogen-bond acceptors (Lipinski definition) is 26. The van der Waals surface area contributed by atoms with Gasteiger partial charge in [-0.3, -0.25) is 4.79 Å². The molecular formula is C59H90O27. The van der Waals surface area contributed by atoms with Gasteiger partial charge in [0.15, 0.2) is 31.3 Å². The molecule has 9 rings (SSSR count). The first kappa shape index (κ1) is 67.2. The summed E-state index contributed by atoms with van der Waals surface area (Å²) < 4.78 is 60.0. The topological polar surface area (TPSA) is 424 Å². The summed E-state index contributed by atoms with van der Waals surface area (Å²) in [6.45, 7) is 14.1. The van der Waals surface area contributed by atoms with Crippen LogP contribution in [0.5, 0.6) is 0 Å². The highest BCUT2D eigenvalue weighted by Crippen LogP contribution is 2.76. The van der Waals surface area contributed by atoms with E-state index in [1.807, 2.05) is 13.8 Å². The highest BCUT2D eigenvalue weighted by molar-refractivity contribution is 5.87. The number of rotatable bonds is 15. The van der Waals surface area contributed by atoms with Crippen LogP contribution in [0.25, 0.3) is 0 Å². The van der Waals surface area contributed by atoms with Crippen LogP contribution < -0.4 is 0 Å². The summed E-state index contributed by atoms with van der Waals surface area (Å²) in [5.74, 6) is -4.18. The minimum atomic E-state index is -2.28. The second kappa shape index (κ2) is 24.8. The van der Waals surface area contributed by atoms with Gasteiger partial charge in [-0.2, -0.15) is 0 Å². The number of allylic oxidation sites excluding steroid dienone is 3. The number of carboxylic acid groups (broad SMARTS) is 1. The van der Waals surface area contributed by atoms with Gasteiger partial charge in [0, 0.05) is 17.9 Å². The fourth-order valence-electron chi connectivity index (χ4n) is 16.9. The number of hydrogen-bond donors (Lipinski definition) is 13. The quantitative estimate of drug-likeness (QED) is 0.0277. The summed E-state index contributed by atoms with van der Waals surface area (Å²) in [6, 6.07) is 0. The third-order valence-corrected chi connectivity index (χ3v) is 22.2. The lowest BCUT2D eigenvalue weighted by molar-refractivity contribution is -0.398. The molecule has 0 radical (unpaired) electrons. The first-order valence-corrected chi connectivity index (χ1v) is 29.8. The molecule has 0 amide bonds. The van der Waals surface area contributed by atoms with Gasteiger partial charge in [-0.15, -0.1) is 0 Å². The summed E-state index contributed by atoms with van der Waals surface area (Å²) in [6.07, 6.45) is -32.7. The molecule has 27 nitrogen and oxygen atoms in total. The molecule has 4 saturated heterocycles. The lowest BCUT2D eigenvalue weighted by Crippen LogP contribution is -2.72. The monoisotopic (exact) mass is 1230 g/mol. The van der Waals surface area contributed by atoms with Crippen molar-refractivity contribution in [2.75, 3.05) is 26.4 Å². The second-order valence-electron chi connectivity index (χ2n) is 27.3. The van der Waals surface area contributed by atoms with Crippen molar-refractivity contribution >= 4 is 24.2 Å². The number of carbonyl (C=O) groups is 4. The highest BCUT2D eigenvalue weighted by atomic mass is 16.8. The Hall–Kier alpha value is -3.24. The van der Waals surface area contributed by atoms with Crippen molar-refractivity contribution in [3.8, 4) is 0 Å². The van der Waals surface area contributed by atoms with E-state index in [2.05, 4.69) is 26.8 Å². The Morgan fingerprint density at radius 3 is 1.94 bits per heavy atom. The molecule has 488 valence electrons. The highest BCUT2D eigenvalue weighted by Gasteiger charge is 2.74. The molecule has 0 aromatic carbocycles. The van der Waals surface area contributed by atoms with Crippen molar-refractivity contribution in [1.82, 2.24) is 0 Å². The maximum absolute atomic E-state index is 14.2. The normalized spacial score (nSPS) is 51.1. The summed E-state index contributed by atoms with van der Waals surface area (Å²) in [5, 5.41) is 145. The lowest BCUT2D eigenvalue weighted by atomic mass is 9.33. The van der Waals surface area contributed by atoms with Crippen molar-refractivity contribution in [1.29, 1.82) is 0 Å². The molecule has 0 bridgehead atoms. The number of aliphatic hydroxyl groups is 12. The van der Waals surface area contributed by atoms with Gasteiger partial charge >= 0.3 is 17.9 Å². The Balaban J connectivity index is 1.05. The van der Waals surface area contributed by atoms with E-state index in [0.717, 1.165) is 11.9 Å². The molecule has 5 aliphatic carbocycles. The first-order valence-electron chi connectivity index (χ1n) is 29.8. The SMILES string of the molecule is C/C=C(\C)C(=O)O[C@H]1[C@H](O)[C@]2(COC(C)=O)[C@H](O)C[C@]3(C)C(=CC[C@@H]4[C@@]5(C)CC[C@H](O[C@@H]6O[C@H](C(=O)O)[C@@H](O)[C@H](O[C@@H]7OC[C@H](O)[C@H](O)[C@H]7O[C@@H]7OC[C@@H](O)[C@H](O)[C@H]7O)[C@H]6O[C@@H]6O[C@H](CO)[C@H](O)[C@H](O)[C@H]6O)[C@@](C)(C=O)[C@@H]5CC[C@]43C)[C@@H]2CC1(C)C. The second-order valence-corrected chi connectivity index (χ2v) is 27.3. The van der Waals surface area contributed by atoms with Crippen molar-refractivity contribution in [3.05, 3.63) is 23.3 Å². The first-order chi connectivity index (χ1) is 40.2. The predicted octanol–water partition coefficient (Wildman–Crippen LogP) is -2.01. The van der Waals surface area contributed by atoms with E-state index in [9.17, 15) is 85.6 Å². The van der Waals surface area contributed by atoms with Crippen LogP contribution in [-0.4, -0.2) is 252 Å². The van der Waals surface area contributed by atoms with Gasteiger partial charge in [0.05, 0.1) is 42.9 Å². The van der Waals surface area contributed by atoms with Gasteiger partial charge in [0.1, 0.15) is 104 Å². The molecule has 4 saturated carbocycles. The van der Waals surface area contributed by atoms with Crippen molar-refractivity contribution in [2.24, 2.45) is 50.2 Å². The van der Waals surface area contributed by atoms with Gasteiger partial charge in [-0.1, -0.05) is 59.3 Å². The molecule has 13 N–H and O–H groups in total. The van der Waals surface area contributed by atoms with Gasteiger partial charge in [0.2, 0.25) is 0 Å². The largest absolute Gasteiger partial charge is 0.479 e. The zero-order valence-electron chi connectivity index (χ0n) is 50.0. The molecule has 8 fully saturated rings. The maximum atomic E-state index is 14.2. The molecule has 4 aliphatic heterocycles. The van der Waals surface area contributed by atoms with Gasteiger partial charge < -0.3 is 119 Å². The molecule has 0 spiro atoms. The maximum Gasteiger partial charge on any atom is 0.335 e. The molecule has 0 aromatic heterocycles. The lowest BCUT2D eigenvalue weighted by Gasteiger charge is -2.72. The van der Waals surface area contributed by atoms with Crippen LogP contribution in [0, 0.1) is 50.2 Å². The van der Waals surface area contributed by atoms with Gasteiger partial charge in [-0.05, 0) is 92.8 Å². The number of fused-ring (bicyclic) bond motifs is 7. The molecule has 30 atom stereocenters. The van der Waals surface area contributed by atoms with E-state index >= 15 is 0 Å². The minimum Gasteiger partial charge on any atom is -0.479 e. The summed E-state index contributed by atoms with van der Waals surface area (Å²) >= 11 is 0. The van der Waals surface area contributed by atoms with Crippen LogP contribution in [0.3, 0.4) is 0 Å². The molecule has 0 aromatic rings. The molecule has 4 heterocycles. The van der Waals surface area contributed by atoms with Gasteiger partial charge in [0.25, 0.3) is 0 Å². The Bertz CT molecular complexity index is 2550. The smallest absolute Gasteiger partial charge is 0.335 e. The van der Waals surface area contributed by atoms with E-state index in [1.54, 1.807) is 26.8 Å². The summed E-state index contributed by atoms with van der Waals surface area (Å²) in [7, 11) is 0. The molecule has 27 heteroatoms. The molecular weight excluding hydrogens is 1140 g/mol. The van der Waals surface area contributed by atoms with Crippen LogP contribution in [0.4, 0.5) is 0 Å². The predicted molar refractivity (Wildman–Crippen MR) is 289 cm³/mol. The Kier molecular flexibility index (Phi) is 19.3. The van der Waals surface area contributed by atoms with E-state index < -0.39 is 217 Å². The zero-order valence-corrected chi connectivity index (χ0v) is 50.0. The number of aliphatic hydroxyl groups excluding tert-OH is 12. The minimum absolute atomic E-state index is 0.112. The number of aliphatic carboxylic acids is 1. The Labute approximate surface area is 498 Å². The number of aldehydes is 1. The average Bonchev–Trinajstić information content (AvgIpc) is 0.771. The number of esters is 2. The van der Waals surface area contributed by atoms with Crippen LogP contribution in [0.1, 0.15) is 107 Å².